The molecule has 0 aromatic carbocycles. The molecule has 1 aromatic heterocycles. The second-order valence-corrected chi connectivity index (χ2v) is 6.47. The molecule has 7 heteroatoms. The molecule has 0 bridgehead atoms. The number of hydrogen-bond acceptors (Lipinski definition) is 5. The van der Waals surface area contributed by atoms with Crippen LogP contribution in [-0.4, -0.2) is 42.8 Å². The van der Waals surface area contributed by atoms with Gasteiger partial charge >= 0.3 is 5.97 Å². The molecule has 26 heavy (non-hydrogen) atoms. The average molecular weight is 361 g/mol. The summed E-state index contributed by atoms with van der Waals surface area (Å²) in [4.78, 5) is 23.6. The number of aromatic nitrogens is 1. The second-order valence-electron chi connectivity index (χ2n) is 6.47. The minimum atomic E-state index is -0.818. The summed E-state index contributed by atoms with van der Waals surface area (Å²) in [6.07, 6.45) is 1.49. The van der Waals surface area contributed by atoms with Gasteiger partial charge in [0.15, 0.2) is 6.61 Å². The first kappa shape index (κ1) is 21.5. The number of esters is 1. The highest BCUT2D eigenvalue weighted by Crippen LogP contribution is 2.23. The molecule has 1 rings (SSSR count). The summed E-state index contributed by atoms with van der Waals surface area (Å²) in [5, 5.41) is 11.9. The molecular weight excluding hydrogens is 334 g/mol. The summed E-state index contributed by atoms with van der Waals surface area (Å²) < 4.78 is 12.2. The highest BCUT2D eigenvalue weighted by molar-refractivity contribution is 5.99. The molecule has 0 spiro atoms. The Morgan fingerprint density at radius 2 is 2.00 bits per heavy atom. The fourth-order valence-electron chi connectivity index (χ4n) is 2.81. The van der Waals surface area contributed by atoms with E-state index in [2.05, 4.69) is 9.88 Å². The van der Waals surface area contributed by atoms with Gasteiger partial charge in [0.25, 0.3) is 5.91 Å². The first-order chi connectivity index (χ1) is 12.2. The van der Waals surface area contributed by atoms with Gasteiger partial charge in [-0.1, -0.05) is 0 Å². The Kier molecular flexibility index (Phi) is 8.07. The number of carbonyl (C=O) groups is 2. The number of nitrogens with zero attached hydrogens (tertiary/aromatic N) is 2. The third kappa shape index (κ3) is 5.74. The van der Waals surface area contributed by atoms with Crippen LogP contribution in [0.5, 0.6) is 0 Å². The smallest absolute Gasteiger partial charge is 0.349 e. The number of ether oxygens (including phenoxy) is 2. The van der Waals surface area contributed by atoms with Gasteiger partial charge in [-0.25, -0.2) is 4.79 Å². The predicted molar refractivity (Wildman–Crippen MR) is 98.3 cm³/mol. The summed E-state index contributed by atoms with van der Waals surface area (Å²) >= 11 is 0. The van der Waals surface area contributed by atoms with E-state index in [1.807, 2.05) is 32.9 Å². The molecule has 7 nitrogen and oxygen atoms in total. The van der Waals surface area contributed by atoms with E-state index in [4.69, 9.17) is 9.47 Å². The van der Waals surface area contributed by atoms with Crippen LogP contribution in [0.3, 0.4) is 0 Å². The van der Waals surface area contributed by atoms with Crippen LogP contribution < -0.4 is 5.32 Å². The van der Waals surface area contributed by atoms with E-state index >= 15 is 0 Å². The Hall–Kier alpha value is -2.59. The quantitative estimate of drug-likeness (QED) is 0.436. The third-order valence-electron chi connectivity index (χ3n) is 3.80. The van der Waals surface area contributed by atoms with Crippen LogP contribution in [0, 0.1) is 25.2 Å². The Balaban J connectivity index is 2.96. The Labute approximate surface area is 154 Å². The topological polar surface area (TPSA) is 93.3 Å². The van der Waals surface area contributed by atoms with Crippen LogP contribution in [0.1, 0.15) is 43.8 Å². The zero-order valence-electron chi connectivity index (χ0n) is 16.3. The van der Waals surface area contributed by atoms with E-state index < -0.39 is 18.5 Å². The molecule has 0 saturated heterocycles. The number of nitrogens with one attached hydrogen (secondary N) is 1. The highest BCUT2D eigenvalue weighted by Gasteiger charge is 2.17. The van der Waals surface area contributed by atoms with Crippen molar-refractivity contribution in [2.75, 3.05) is 20.3 Å². The number of amides is 1. The Bertz CT molecular complexity index is 726. The Morgan fingerprint density at radius 3 is 2.54 bits per heavy atom. The lowest BCUT2D eigenvalue weighted by Gasteiger charge is -2.17. The molecule has 0 fully saturated rings. The third-order valence-corrected chi connectivity index (χ3v) is 3.80. The number of hydrogen-bond donors (Lipinski definition) is 1. The van der Waals surface area contributed by atoms with Gasteiger partial charge in [-0.2, -0.15) is 5.26 Å². The lowest BCUT2D eigenvalue weighted by Crippen LogP contribution is -2.34. The van der Waals surface area contributed by atoms with Crippen LogP contribution in [-0.2, 0) is 19.1 Å². The summed E-state index contributed by atoms with van der Waals surface area (Å²) in [5.41, 5.74) is 2.53. The maximum Gasteiger partial charge on any atom is 0.349 e. The van der Waals surface area contributed by atoms with Crippen molar-refractivity contribution in [3.63, 3.8) is 0 Å². The molecule has 1 heterocycles. The molecule has 1 N–H and O–H groups in total. The maximum atomic E-state index is 12.1. The monoisotopic (exact) mass is 361 g/mol. The second kappa shape index (κ2) is 9.78. The van der Waals surface area contributed by atoms with Crippen LogP contribution in [0.15, 0.2) is 11.6 Å². The van der Waals surface area contributed by atoms with Gasteiger partial charge in [-0.3, -0.25) is 4.79 Å². The van der Waals surface area contributed by atoms with Crippen molar-refractivity contribution in [3.05, 3.63) is 28.6 Å². The van der Waals surface area contributed by atoms with Crippen LogP contribution >= 0.6 is 0 Å². The lowest BCUT2D eigenvalue weighted by molar-refractivity contribution is -0.144. The fourth-order valence-corrected chi connectivity index (χ4v) is 2.81. The van der Waals surface area contributed by atoms with E-state index in [9.17, 15) is 14.9 Å². The molecule has 0 radical (unpaired) electrons. The summed E-state index contributed by atoms with van der Waals surface area (Å²) in [7, 11) is 1.64. The minimum absolute atomic E-state index is 0.0494. The minimum Gasteiger partial charge on any atom is -0.451 e. The zero-order chi connectivity index (χ0) is 19.9. The summed E-state index contributed by atoms with van der Waals surface area (Å²) in [6.45, 7) is 9.65. The first-order valence-corrected chi connectivity index (χ1v) is 8.46. The summed E-state index contributed by atoms with van der Waals surface area (Å²) in [5.74, 6) is -1.22. The van der Waals surface area contributed by atoms with Gasteiger partial charge in [0.2, 0.25) is 0 Å². The van der Waals surface area contributed by atoms with Crippen molar-refractivity contribution in [1.29, 1.82) is 5.26 Å². The van der Waals surface area contributed by atoms with E-state index in [0.717, 1.165) is 17.0 Å². The van der Waals surface area contributed by atoms with Crippen molar-refractivity contribution < 1.29 is 19.1 Å². The lowest BCUT2D eigenvalue weighted by atomic mass is 10.1. The van der Waals surface area contributed by atoms with Crippen molar-refractivity contribution in [3.8, 4) is 6.07 Å². The van der Waals surface area contributed by atoms with Crippen molar-refractivity contribution in [1.82, 2.24) is 9.88 Å². The standard InChI is InChI=1S/C19H27N3O4/c1-12(2)21-18(23)11-26-19(24)17(9-20)8-16-7-13(3)22(15(16)5)14(4)10-25-6/h7-8,12,14H,10-11H2,1-6H3,(H,21,23)/b17-8+/t14-/m0/s1. The van der Waals surface area contributed by atoms with Crippen LogP contribution in [0.25, 0.3) is 6.08 Å². The normalized spacial score (nSPS) is 12.6. The molecular formula is C19H27N3O4. The molecule has 1 amide bonds. The van der Waals surface area contributed by atoms with E-state index in [1.54, 1.807) is 21.0 Å². The largest absolute Gasteiger partial charge is 0.451 e. The molecule has 0 aliphatic carbocycles. The zero-order valence-corrected chi connectivity index (χ0v) is 16.3. The summed E-state index contributed by atoms with van der Waals surface area (Å²) in [6, 6.07) is 3.82. The number of carbonyl (C=O) groups excluding carboxylic acids is 2. The van der Waals surface area contributed by atoms with Gasteiger partial charge in [-0.15, -0.1) is 0 Å². The molecule has 0 unspecified atom stereocenters. The SMILES string of the molecule is COC[C@H](C)n1c(C)cc(/C=C(\C#N)C(=O)OCC(=O)NC(C)C)c1C. The fraction of sp³-hybridized carbons (Fsp3) is 0.526. The van der Waals surface area contributed by atoms with Gasteiger partial charge < -0.3 is 19.4 Å². The highest BCUT2D eigenvalue weighted by atomic mass is 16.5. The van der Waals surface area contributed by atoms with Gasteiger partial charge in [0.05, 0.1) is 12.6 Å². The first-order valence-electron chi connectivity index (χ1n) is 8.46. The van der Waals surface area contributed by atoms with Crippen molar-refractivity contribution >= 4 is 18.0 Å². The molecule has 0 saturated carbocycles. The number of aryl methyl sites for hydroxylation is 1. The number of nitriles is 1. The Morgan fingerprint density at radius 1 is 1.35 bits per heavy atom. The van der Waals surface area contributed by atoms with Crippen LogP contribution in [0.2, 0.25) is 0 Å². The van der Waals surface area contributed by atoms with Gasteiger partial charge in [0.1, 0.15) is 11.6 Å². The molecule has 142 valence electrons. The van der Waals surface area contributed by atoms with Gasteiger partial charge in [-0.05, 0) is 52.3 Å². The average Bonchev–Trinajstić information content (AvgIpc) is 2.83. The van der Waals surface area contributed by atoms with E-state index in [0.29, 0.717) is 6.61 Å². The predicted octanol–water partition coefficient (Wildman–Crippen LogP) is 2.29. The molecule has 1 aromatic rings. The van der Waals surface area contributed by atoms with Crippen molar-refractivity contribution in [2.24, 2.45) is 0 Å². The molecule has 1 atom stereocenters. The van der Waals surface area contributed by atoms with Crippen LogP contribution in [0.4, 0.5) is 0 Å². The molecule has 0 aliphatic rings. The van der Waals surface area contributed by atoms with Crippen molar-refractivity contribution in [2.45, 2.75) is 46.7 Å². The van der Waals surface area contributed by atoms with E-state index in [-0.39, 0.29) is 17.7 Å². The number of methoxy groups -OCH3 is 1. The maximum absolute atomic E-state index is 12.1. The van der Waals surface area contributed by atoms with Gasteiger partial charge in [0, 0.05) is 24.5 Å². The number of rotatable bonds is 8. The molecule has 0 aliphatic heterocycles. The van der Waals surface area contributed by atoms with E-state index in [1.165, 1.54) is 6.08 Å².